The number of rotatable bonds is 3. The van der Waals surface area contributed by atoms with E-state index in [0.717, 1.165) is 33.6 Å². The lowest BCUT2D eigenvalue weighted by molar-refractivity contribution is 0.848. The molecule has 0 saturated heterocycles. The summed E-state index contributed by atoms with van der Waals surface area (Å²) in [4.78, 5) is 18.2. The van der Waals surface area contributed by atoms with E-state index in [-0.39, 0.29) is 5.56 Å². The Kier molecular flexibility index (Phi) is 4.06. The molecule has 0 amide bonds. The molecule has 5 rings (SSSR count). The fourth-order valence-corrected chi connectivity index (χ4v) is 4.12. The van der Waals surface area contributed by atoms with Gasteiger partial charge in [-0.05, 0) is 35.7 Å². The van der Waals surface area contributed by atoms with E-state index in [1.807, 2.05) is 62.4 Å². The molecule has 0 unspecified atom stereocenters. The van der Waals surface area contributed by atoms with Crippen LogP contribution in [0, 0.1) is 13.8 Å². The van der Waals surface area contributed by atoms with E-state index >= 15 is 0 Å². The van der Waals surface area contributed by atoms with Gasteiger partial charge in [0, 0.05) is 28.9 Å². The Labute approximate surface area is 168 Å². The number of aromatic amines is 1. The number of hydrogen-bond acceptors (Lipinski definition) is 2. The maximum absolute atomic E-state index is 13.4. The lowest BCUT2D eigenvalue weighted by Gasteiger charge is -2.09. The SMILES string of the molecule is Cc1nc2c(-c3ccccc3)c(C)[nH]n2c(=O)c1Cc1cccc2ccccc12. The molecule has 0 atom stereocenters. The van der Waals surface area contributed by atoms with Gasteiger partial charge in [-0.1, -0.05) is 72.8 Å². The molecule has 0 saturated carbocycles. The second-order valence-corrected chi connectivity index (χ2v) is 7.43. The summed E-state index contributed by atoms with van der Waals surface area (Å²) in [5.41, 5.74) is 6.24. The van der Waals surface area contributed by atoms with Crippen LogP contribution in [0.25, 0.3) is 27.5 Å². The molecular formula is C25H21N3O. The van der Waals surface area contributed by atoms with Gasteiger partial charge in [-0.3, -0.25) is 9.89 Å². The highest BCUT2D eigenvalue weighted by Crippen LogP contribution is 2.27. The number of H-pyrrole nitrogens is 1. The van der Waals surface area contributed by atoms with Crippen LogP contribution in [-0.4, -0.2) is 14.6 Å². The van der Waals surface area contributed by atoms with Crippen LogP contribution in [0.2, 0.25) is 0 Å². The molecule has 0 aliphatic carbocycles. The molecule has 0 aliphatic heterocycles. The van der Waals surface area contributed by atoms with E-state index in [0.29, 0.717) is 12.1 Å². The third-order valence-electron chi connectivity index (χ3n) is 5.57. The minimum atomic E-state index is -0.0364. The Morgan fingerprint density at radius 2 is 1.62 bits per heavy atom. The molecule has 4 nitrogen and oxygen atoms in total. The van der Waals surface area contributed by atoms with Gasteiger partial charge in [0.2, 0.25) is 0 Å². The highest BCUT2D eigenvalue weighted by Gasteiger charge is 2.18. The summed E-state index contributed by atoms with van der Waals surface area (Å²) in [6, 6.07) is 24.6. The Morgan fingerprint density at radius 1 is 0.897 bits per heavy atom. The van der Waals surface area contributed by atoms with Gasteiger partial charge in [0.05, 0.1) is 0 Å². The number of hydrogen-bond donors (Lipinski definition) is 1. The van der Waals surface area contributed by atoms with Crippen LogP contribution in [0.3, 0.4) is 0 Å². The van der Waals surface area contributed by atoms with Crippen molar-refractivity contribution in [3.63, 3.8) is 0 Å². The largest absolute Gasteiger partial charge is 0.293 e. The maximum Gasteiger partial charge on any atom is 0.276 e. The molecule has 4 heteroatoms. The molecule has 0 radical (unpaired) electrons. The normalized spacial score (nSPS) is 11.4. The minimum Gasteiger partial charge on any atom is -0.293 e. The molecule has 142 valence electrons. The number of nitrogens with one attached hydrogen (secondary N) is 1. The Hall–Kier alpha value is -3.66. The number of aryl methyl sites for hydroxylation is 2. The number of benzene rings is 3. The first-order valence-corrected chi connectivity index (χ1v) is 9.76. The first kappa shape index (κ1) is 17.4. The van der Waals surface area contributed by atoms with Gasteiger partial charge >= 0.3 is 0 Å². The molecule has 3 aromatic carbocycles. The average Bonchev–Trinajstić information content (AvgIpc) is 3.07. The Morgan fingerprint density at radius 3 is 2.45 bits per heavy atom. The van der Waals surface area contributed by atoms with Gasteiger partial charge < -0.3 is 0 Å². The van der Waals surface area contributed by atoms with Crippen LogP contribution >= 0.6 is 0 Å². The van der Waals surface area contributed by atoms with Crippen LogP contribution in [0.4, 0.5) is 0 Å². The van der Waals surface area contributed by atoms with Gasteiger partial charge in [-0.2, -0.15) is 0 Å². The predicted octanol–water partition coefficient (Wildman–Crippen LogP) is 5.05. The molecular weight excluding hydrogens is 358 g/mol. The molecule has 5 aromatic rings. The van der Waals surface area contributed by atoms with Crippen molar-refractivity contribution in [2.45, 2.75) is 20.3 Å². The van der Waals surface area contributed by atoms with E-state index in [9.17, 15) is 4.79 Å². The zero-order chi connectivity index (χ0) is 20.0. The summed E-state index contributed by atoms with van der Waals surface area (Å²) in [5, 5.41) is 5.58. The summed E-state index contributed by atoms with van der Waals surface area (Å²) >= 11 is 0. The van der Waals surface area contributed by atoms with Crippen molar-refractivity contribution in [2.24, 2.45) is 0 Å². The molecule has 0 bridgehead atoms. The van der Waals surface area contributed by atoms with E-state index in [1.165, 1.54) is 10.8 Å². The number of fused-ring (bicyclic) bond motifs is 2. The molecule has 29 heavy (non-hydrogen) atoms. The van der Waals surface area contributed by atoms with Crippen molar-refractivity contribution < 1.29 is 0 Å². The first-order valence-electron chi connectivity index (χ1n) is 9.76. The highest BCUT2D eigenvalue weighted by molar-refractivity contribution is 5.86. The van der Waals surface area contributed by atoms with Gasteiger partial charge in [0.1, 0.15) is 0 Å². The summed E-state index contributed by atoms with van der Waals surface area (Å²) in [6.45, 7) is 3.91. The van der Waals surface area contributed by atoms with Gasteiger partial charge in [0.15, 0.2) is 5.65 Å². The zero-order valence-electron chi connectivity index (χ0n) is 16.4. The van der Waals surface area contributed by atoms with Crippen molar-refractivity contribution in [1.29, 1.82) is 0 Å². The third-order valence-corrected chi connectivity index (χ3v) is 5.57. The van der Waals surface area contributed by atoms with Crippen LogP contribution in [0.1, 0.15) is 22.5 Å². The minimum absolute atomic E-state index is 0.0364. The van der Waals surface area contributed by atoms with Crippen LogP contribution < -0.4 is 5.56 Å². The smallest absolute Gasteiger partial charge is 0.276 e. The fourth-order valence-electron chi connectivity index (χ4n) is 4.12. The van der Waals surface area contributed by atoms with E-state index < -0.39 is 0 Å². The van der Waals surface area contributed by atoms with Crippen LogP contribution in [-0.2, 0) is 6.42 Å². The standard InChI is InChI=1S/C25H21N3O/c1-16-22(15-20-13-8-12-18-9-6-7-14-21(18)20)25(29)28-24(26-16)23(17(2)27-28)19-10-4-3-5-11-19/h3-14,27H,15H2,1-2H3. The summed E-state index contributed by atoms with van der Waals surface area (Å²) < 4.78 is 1.59. The van der Waals surface area contributed by atoms with Crippen LogP contribution in [0.5, 0.6) is 0 Å². The fraction of sp³-hybridized carbons (Fsp3) is 0.120. The predicted molar refractivity (Wildman–Crippen MR) is 117 cm³/mol. The van der Waals surface area contributed by atoms with E-state index in [4.69, 9.17) is 4.98 Å². The van der Waals surface area contributed by atoms with E-state index in [2.05, 4.69) is 29.4 Å². The number of aromatic nitrogens is 3. The van der Waals surface area contributed by atoms with Crippen molar-refractivity contribution in [1.82, 2.24) is 14.6 Å². The van der Waals surface area contributed by atoms with Gasteiger partial charge in [-0.25, -0.2) is 9.50 Å². The first-order chi connectivity index (χ1) is 14.1. The topological polar surface area (TPSA) is 50.2 Å². The van der Waals surface area contributed by atoms with Crippen molar-refractivity contribution in [3.8, 4) is 11.1 Å². The van der Waals surface area contributed by atoms with Crippen molar-refractivity contribution >= 4 is 16.4 Å². The second kappa shape index (κ2) is 6.74. The van der Waals surface area contributed by atoms with E-state index in [1.54, 1.807) is 4.52 Å². The summed E-state index contributed by atoms with van der Waals surface area (Å²) in [7, 11) is 0. The molecule has 0 spiro atoms. The monoisotopic (exact) mass is 379 g/mol. The Balaban J connectivity index is 1.69. The molecule has 2 aromatic heterocycles. The third kappa shape index (κ3) is 2.85. The van der Waals surface area contributed by atoms with Gasteiger partial charge in [0.25, 0.3) is 5.56 Å². The molecule has 0 fully saturated rings. The average molecular weight is 379 g/mol. The maximum atomic E-state index is 13.4. The number of nitrogens with zero attached hydrogens (tertiary/aromatic N) is 2. The molecule has 1 N–H and O–H groups in total. The quantitative estimate of drug-likeness (QED) is 0.477. The zero-order valence-corrected chi connectivity index (χ0v) is 16.4. The summed E-state index contributed by atoms with van der Waals surface area (Å²) in [6.07, 6.45) is 0.556. The van der Waals surface area contributed by atoms with Crippen molar-refractivity contribution in [2.75, 3.05) is 0 Å². The molecule has 0 aliphatic rings. The second-order valence-electron chi connectivity index (χ2n) is 7.43. The molecule has 2 heterocycles. The summed E-state index contributed by atoms with van der Waals surface area (Å²) in [5.74, 6) is 0. The van der Waals surface area contributed by atoms with Gasteiger partial charge in [-0.15, -0.1) is 0 Å². The lowest BCUT2D eigenvalue weighted by atomic mass is 9.98. The lowest BCUT2D eigenvalue weighted by Crippen LogP contribution is -2.22. The van der Waals surface area contributed by atoms with Crippen LogP contribution in [0.15, 0.2) is 77.6 Å². The van der Waals surface area contributed by atoms with Crippen molar-refractivity contribution in [3.05, 3.63) is 106 Å². The Bertz CT molecular complexity index is 1410. The highest BCUT2D eigenvalue weighted by atomic mass is 16.1.